The fraction of sp³-hybridized carbons (Fsp3) is 0.444. The van der Waals surface area contributed by atoms with Crippen molar-refractivity contribution < 1.29 is 9.59 Å². The van der Waals surface area contributed by atoms with E-state index in [1.807, 2.05) is 30.3 Å². The molecule has 1 aromatic rings. The molecule has 0 aromatic heterocycles. The molecule has 2 heterocycles. The van der Waals surface area contributed by atoms with Crippen molar-refractivity contribution in [3.8, 4) is 0 Å². The Bertz CT molecular complexity index is 620. The van der Waals surface area contributed by atoms with Gasteiger partial charge in [0.25, 0.3) is 0 Å². The number of rotatable bonds is 3. The van der Waals surface area contributed by atoms with Crippen molar-refractivity contribution in [2.75, 3.05) is 13.1 Å². The molecule has 122 valence electrons. The van der Waals surface area contributed by atoms with Crippen molar-refractivity contribution in [2.24, 2.45) is 0 Å². The van der Waals surface area contributed by atoms with E-state index in [4.69, 9.17) is 0 Å². The maximum absolute atomic E-state index is 12.5. The van der Waals surface area contributed by atoms with Crippen LogP contribution in [-0.4, -0.2) is 35.8 Å². The van der Waals surface area contributed by atoms with Gasteiger partial charge < -0.3 is 15.5 Å². The molecule has 5 nitrogen and oxygen atoms in total. The molecule has 1 unspecified atom stereocenters. The van der Waals surface area contributed by atoms with E-state index in [1.165, 1.54) is 6.92 Å². The van der Waals surface area contributed by atoms with Gasteiger partial charge in [-0.05, 0) is 36.6 Å². The van der Waals surface area contributed by atoms with Gasteiger partial charge in [-0.3, -0.25) is 9.59 Å². The molecule has 0 spiro atoms. The van der Waals surface area contributed by atoms with Crippen LogP contribution in [0, 0.1) is 0 Å². The molecule has 1 aromatic carbocycles. The lowest BCUT2D eigenvalue weighted by Crippen LogP contribution is -2.46. The highest BCUT2D eigenvalue weighted by Gasteiger charge is 2.28. The van der Waals surface area contributed by atoms with Crippen LogP contribution in [0.15, 0.2) is 30.5 Å². The van der Waals surface area contributed by atoms with Crippen molar-refractivity contribution in [2.45, 2.75) is 38.3 Å². The van der Waals surface area contributed by atoms with E-state index in [0.717, 1.165) is 37.1 Å². The Kier molecular flexibility index (Phi) is 4.76. The summed E-state index contributed by atoms with van der Waals surface area (Å²) in [6.45, 7) is 3.38. The predicted molar refractivity (Wildman–Crippen MR) is 89.4 cm³/mol. The number of amides is 2. The topological polar surface area (TPSA) is 61.4 Å². The minimum absolute atomic E-state index is 0.0000491. The van der Waals surface area contributed by atoms with E-state index in [1.54, 1.807) is 11.1 Å². The predicted octanol–water partition coefficient (Wildman–Crippen LogP) is 1.82. The zero-order valence-corrected chi connectivity index (χ0v) is 13.4. The van der Waals surface area contributed by atoms with Gasteiger partial charge in [0.2, 0.25) is 11.8 Å². The van der Waals surface area contributed by atoms with Gasteiger partial charge in [-0.25, -0.2) is 0 Å². The molecule has 2 amide bonds. The van der Waals surface area contributed by atoms with Crippen molar-refractivity contribution in [3.05, 3.63) is 41.6 Å². The summed E-state index contributed by atoms with van der Waals surface area (Å²) in [5.74, 6) is -0.0482. The standard InChI is InChI=1S/C18H23N3O2/c1-13(22)21-10-8-14-5-2-3-7-16(14)17(21)11-18(23)20-15-6-4-9-19-12-15/h2-3,5,7-8,10,15,17,19H,4,6,9,11-12H2,1H3,(H,20,23)/t15-,17?/m0/s1. The van der Waals surface area contributed by atoms with Crippen LogP contribution >= 0.6 is 0 Å². The first-order valence-electron chi connectivity index (χ1n) is 8.21. The first kappa shape index (κ1) is 15.7. The molecular weight excluding hydrogens is 290 g/mol. The summed E-state index contributed by atoms with van der Waals surface area (Å²) in [7, 11) is 0. The molecule has 2 aliphatic rings. The molecule has 3 rings (SSSR count). The normalized spacial score (nSPS) is 23.3. The first-order valence-corrected chi connectivity index (χ1v) is 8.21. The third-order valence-electron chi connectivity index (χ3n) is 4.51. The maximum atomic E-state index is 12.5. The summed E-state index contributed by atoms with van der Waals surface area (Å²) in [4.78, 5) is 26.0. The molecule has 2 aliphatic heterocycles. The number of carbonyl (C=O) groups is 2. The van der Waals surface area contributed by atoms with Gasteiger partial charge in [0.15, 0.2) is 0 Å². The van der Waals surface area contributed by atoms with E-state index < -0.39 is 0 Å². The highest BCUT2D eigenvalue weighted by atomic mass is 16.2. The Morgan fingerprint density at radius 3 is 2.91 bits per heavy atom. The molecule has 0 saturated carbocycles. The number of benzene rings is 1. The number of fused-ring (bicyclic) bond motifs is 1. The van der Waals surface area contributed by atoms with E-state index in [-0.39, 0.29) is 30.3 Å². The Hall–Kier alpha value is -2.14. The lowest BCUT2D eigenvalue weighted by Gasteiger charge is -2.33. The second kappa shape index (κ2) is 6.96. The fourth-order valence-corrected chi connectivity index (χ4v) is 3.35. The van der Waals surface area contributed by atoms with Gasteiger partial charge in [0.05, 0.1) is 12.5 Å². The Morgan fingerprint density at radius 2 is 2.17 bits per heavy atom. The van der Waals surface area contributed by atoms with Gasteiger partial charge >= 0.3 is 0 Å². The van der Waals surface area contributed by atoms with Crippen molar-refractivity contribution in [1.29, 1.82) is 0 Å². The first-order chi connectivity index (χ1) is 11.1. The highest BCUT2D eigenvalue weighted by Crippen LogP contribution is 2.32. The smallest absolute Gasteiger partial charge is 0.223 e. The Labute approximate surface area is 136 Å². The molecule has 2 N–H and O–H groups in total. The molecule has 1 fully saturated rings. The quantitative estimate of drug-likeness (QED) is 0.895. The average Bonchev–Trinajstić information content (AvgIpc) is 2.55. The molecule has 0 radical (unpaired) electrons. The van der Waals surface area contributed by atoms with Crippen LogP contribution < -0.4 is 10.6 Å². The lowest BCUT2D eigenvalue weighted by atomic mass is 9.93. The summed E-state index contributed by atoms with van der Waals surface area (Å²) < 4.78 is 0. The van der Waals surface area contributed by atoms with Crippen LogP contribution in [0.3, 0.4) is 0 Å². The molecule has 0 aliphatic carbocycles. The molecule has 23 heavy (non-hydrogen) atoms. The number of hydrogen-bond acceptors (Lipinski definition) is 3. The minimum Gasteiger partial charge on any atom is -0.352 e. The van der Waals surface area contributed by atoms with Crippen LogP contribution in [0.5, 0.6) is 0 Å². The molecule has 1 saturated heterocycles. The van der Waals surface area contributed by atoms with Crippen LogP contribution in [-0.2, 0) is 9.59 Å². The van der Waals surface area contributed by atoms with Crippen molar-refractivity contribution in [3.63, 3.8) is 0 Å². The Balaban J connectivity index is 1.74. The maximum Gasteiger partial charge on any atom is 0.223 e. The summed E-state index contributed by atoms with van der Waals surface area (Å²) in [5.41, 5.74) is 2.10. The number of piperidine rings is 1. The molecule has 5 heteroatoms. The minimum atomic E-state index is -0.231. The number of nitrogens with zero attached hydrogens (tertiary/aromatic N) is 1. The van der Waals surface area contributed by atoms with E-state index in [2.05, 4.69) is 10.6 Å². The van der Waals surface area contributed by atoms with Gasteiger partial charge in [-0.1, -0.05) is 24.3 Å². The summed E-state index contributed by atoms with van der Waals surface area (Å²) in [6, 6.07) is 7.89. The molecule has 0 bridgehead atoms. The highest BCUT2D eigenvalue weighted by molar-refractivity contribution is 5.82. The van der Waals surface area contributed by atoms with Crippen molar-refractivity contribution in [1.82, 2.24) is 15.5 Å². The second-order valence-electron chi connectivity index (χ2n) is 6.20. The van der Waals surface area contributed by atoms with Crippen molar-refractivity contribution >= 4 is 17.9 Å². The van der Waals surface area contributed by atoms with Crippen LogP contribution in [0.25, 0.3) is 6.08 Å². The van der Waals surface area contributed by atoms with E-state index in [0.29, 0.717) is 0 Å². The van der Waals surface area contributed by atoms with Crippen LogP contribution in [0.4, 0.5) is 0 Å². The van der Waals surface area contributed by atoms with Gasteiger partial charge in [-0.15, -0.1) is 0 Å². The Morgan fingerprint density at radius 1 is 1.35 bits per heavy atom. The molecular formula is C18H23N3O2. The number of nitrogens with one attached hydrogen (secondary N) is 2. The van der Waals surface area contributed by atoms with E-state index >= 15 is 0 Å². The monoisotopic (exact) mass is 313 g/mol. The van der Waals surface area contributed by atoms with Gasteiger partial charge in [0, 0.05) is 25.7 Å². The largest absolute Gasteiger partial charge is 0.352 e. The third-order valence-corrected chi connectivity index (χ3v) is 4.51. The number of carbonyl (C=O) groups excluding carboxylic acids is 2. The lowest BCUT2D eigenvalue weighted by molar-refractivity contribution is -0.130. The van der Waals surface area contributed by atoms with Crippen LogP contribution in [0.1, 0.15) is 43.4 Å². The summed E-state index contributed by atoms with van der Waals surface area (Å²) in [5, 5.41) is 6.39. The zero-order chi connectivity index (χ0) is 16.2. The summed E-state index contributed by atoms with van der Waals surface area (Å²) in [6.07, 6.45) is 6.09. The van der Waals surface area contributed by atoms with Crippen LogP contribution in [0.2, 0.25) is 0 Å². The third kappa shape index (κ3) is 3.62. The van der Waals surface area contributed by atoms with Gasteiger partial charge in [-0.2, -0.15) is 0 Å². The second-order valence-corrected chi connectivity index (χ2v) is 6.20. The van der Waals surface area contributed by atoms with E-state index in [9.17, 15) is 9.59 Å². The van der Waals surface area contributed by atoms with Gasteiger partial charge in [0.1, 0.15) is 0 Å². The average molecular weight is 313 g/mol. The fourth-order valence-electron chi connectivity index (χ4n) is 3.35. The zero-order valence-electron chi connectivity index (χ0n) is 13.4. The SMILES string of the molecule is CC(=O)N1C=Cc2ccccc2C1CC(=O)N[C@H]1CCCNC1. The summed E-state index contributed by atoms with van der Waals surface area (Å²) >= 11 is 0. The number of hydrogen-bond donors (Lipinski definition) is 2. The molecule has 2 atom stereocenters.